The summed E-state index contributed by atoms with van der Waals surface area (Å²) < 4.78 is 5.13. The molecule has 0 fully saturated rings. The van der Waals surface area contributed by atoms with Crippen LogP contribution in [0.4, 0.5) is 0 Å². The topological polar surface area (TPSA) is 55.5 Å². The van der Waals surface area contributed by atoms with Crippen LogP contribution in [0.25, 0.3) is 0 Å². The second-order valence-corrected chi connectivity index (χ2v) is 3.68. The smallest absolute Gasteiger partial charge is 0.124 e. The summed E-state index contributed by atoms with van der Waals surface area (Å²) >= 11 is 0. The van der Waals surface area contributed by atoms with Gasteiger partial charge < -0.3 is 15.6 Å². The molecule has 0 aliphatic heterocycles. The lowest BCUT2D eigenvalue weighted by atomic mass is 10.0. The molecule has 0 bridgehead atoms. The highest BCUT2D eigenvalue weighted by atomic mass is 16.5. The Bertz CT molecular complexity index is 312. The van der Waals surface area contributed by atoms with Gasteiger partial charge in [0.25, 0.3) is 0 Å². The molecule has 84 valence electrons. The third-order valence-electron chi connectivity index (χ3n) is 2.54. The Hall–Kier alpha value is -1.06. The fourth-order valence-corrected chi connectivity index (χ4v) is 1.53. The number of ether oxygens (including phenoxy) is 1. The van der Waals surface area contributed by atoms with E-state index in [1.54, 1.807) is 7.11 Å². The van der Waals surface area contributed by atoms with Gasteiger partial charge >= 0.3 is 0 Å². The van der Waals surface area contributed by atoms with Crippen molar-refractivity contribution in [1.29, 1.82) is 0 Å². The molecule has 0 saturated carbocycles. The van der Waals surface area contributed by atoms with Crippen LogP contribution in [0, 0.1) is 0 Å². The summed E-state index contributed by atoms with van der Waals surface area (Å²) in [6, 6.07) is 6.01. The maximum absolute atomic E-state index is 9.15. The standard InChI is InChI=1S/C12H19NO2/c1-3-11(13)7-9-4-5-12(15-2)10(6-9)8-14/h4-6,11,14H,3,7-8,13H2,1-2H3. The molecule has 0 spiro atoms. The largest absolute Gasteiger partial charge is 0.496 e. The van der Waals surface area contributed by atoms with E-state index in [2.05, 4.69) is 6.92 Å². The monoisotopic (exact) mass is 209 g/mol. The van der Waals surface area contributed by atoms with E-state index in [0.717, 1.165) is 29.7 Å². The maximum Gasteiger partial charge on any atom is 0.124 e. The summed E-state index contributed by atoms with van der Waals surface area (Å²) in [5.41, 5.74) is 7.84. The van der Waals surface area contributed by atoms with Gasteiger partial charge in [-0.2, -0.15) is 0 Å². The molecule has 1 aromatic rings. The van der Waals surface area contributed by atoms with Gasteiger partial charge in [0.2, 0.25) is 0 Å². The van der Waals surface area contributed by atoms with Crippen LogP contribution in [0.15, 0.2) is 18.2 Å². The van der Waals surface area contributed by atoms with Gasteiger partial charge in [-0.1, -0.05) is 13.0 Å². The summed E-state index contributed by atoms with van der Waals surface area (Å²) in [6.45, 7) is 2.07. The molecule has 3 nitrogen and oxygen atoms in total. The van der Waals surface area contributed by atoms with Crippen molar-refractivity contribution in [2.75, 3.05) is 7.11 Å². The van der Waals surface area contributed by atoms with Crippen LogP contribution in [0.5, 0.6) is 5.75 Å². The predicted octanol–water partition coefficient (Wildman–Crippen LogP) is 1.47. The zero-order valence-corrected chi connectivity index (χ0v) is 9.36. The van der Waals surface area contributed by atoms with Gasteiger partial charge in [0, 0.05) is 11.6 Å². The number of hydrogen-bond donors (Lipinski definition) is 2. The van der Waals surface area contributed by atoms with Crippen molar-refractivity contribution in [3.8, 4) is 5.75 Å². The molecule has 0 aliphatic carbocycles. The molecule has 1 rings (SSSR count). The maximum atomic E-state index is 9.15. The summed E-state index contributed by atoms with van der Waals surface area (Å²) in [6.07, 6.45) is 1.80. The first-order valence-corrected chi connectivity index (χ1v) is 5.23. The predicted molar refractivity (Wildman–Crippen MR) is 60.9 cm³/mol. The average molecular weight is 209 g/mol. The van der Waals surface area contributed by atoms with Gasteiger partial charge in [0.1, 0.15) is 5.75 Å². The summed E-state index contributed by atoms with van der Waals surface area (Å²) in [7, 11) is 1.60. The Kier molecular flexibility index (Phi) is 4.59. The number of methoxy groups -OCH3 is 1. The molecule has 1 aromatic carbocycles. The lowest BCUT2D eigenvalue weighted by Crippen LogP contribution is -2.21. The first-order valence-electron chi connectivity index (χ1n) is 5.23. The molecule has 0 aliphatic rings. The Labute approximate surface area is 90.9 Å². The van der Waals surface area contributed by atoms with Crippen molar-refractivity contribution in [2.24, 2.45) is 5.73 Å². The number of aliphatic hydroxyl groups is 1. The third-order valence-corrected chi connectivity index (χ3v) is 2.54. The van der Waals surface area contributed by atoms with Gasteiger partial charge in [-0.15, -0.1) is 0 Å². The fraction of sp³-hybridized carbons (Fsp3) is 0.500. The Morgan fingerprint density at radius 3 is 2.73 bits per heavy atom. The molecule has 0 radical (unpaired) electrons. The highest BCUT2D eigenvalue weighted by molar-refractivity contribution is 5.37. The molecule has 0 aromatic heterocycles. The van der Waals surface area contributed by atoms with Gasteiger partial charge in [-0.3, -0.25) is 0 Å². The zero-order chi connectivity index (χ0) is 11.3. The minimum absolute atomic E-state index is 0.00161. The van der Waals surface area contributed by atoms with Crippen LogP contribution < -0.4 is 10.5 Å². The summed E-state index contributed by atoms with van der Waals surface area (Å²) in [4.78, 5) is 0. The molecule has 0 saturated heterocycles. The van der Waals surface area contributed by atoms with Gasteiger partial charge in [-0.25, -0.2) is 0 Å². The van der Waals surface area contributed by atoms with E-state index in [4.69, 9.17) is 15.6 Å². The van der Waals surface area contributed by atoms with E-state index in [0.29, 0.717) is 0 Å². The Morgan fingerprint density at radius 2 is 2.20 bits per heavy atom. The van der Waals surface area contributed by atoms with Crippen molar-refractivity contribution < 1.29 is 9.84 Å². The van der Waals surface area contributed by atoms with Crippen LogP contribution >= 0.6 is 0 Å². The molecule has 0 amide bonds. The van der Waals surface area contributed by atoms with Crippen LogP contribution in [-0.2, 0) is 13.0 Å². The molecular formula is C12H19NO2. The first-order chi connectivity index (χ1) is 7.21. The number of benzene rings is 1. The van der Waals surface area contributed by atoms with Gasteiger partial charge in [0.05, 0.1) is 13.7 Å². The molecule has 0 heterocycles. The van der Waals surface area contributed by atoms with E-state index in [1.807, 2.05) is 18.2 Å². The van der Waals surface area contributed by atoms with Gasteiger partial charge in [-0.05, 0) is 30.5 Å². The molecule has 1 unspecified atom stereocenters. The molecule has 3 heteroatoms. The van der Waals surface area contributed by atoms with E-state index in [-0.39, 0.29) is 12.6 Å². The lowest BCUT2D eigenvalue weighted by Gasteiger charge is -2.11. The second-order valence-electron chi connectivity index (χ2n) is 3.68. The quantitative estimate of drug-likeness (QED) is 0.772. The molecule has 15 heavy (non-hydrogen) atoms. The normalized spacial score (nSPS) is 12.5. The zero-order valence-electron chi connectivity index (χ0n) is 9.36. The number of aliphatic hydroxyl groups excluding tert-OH is 1. The SMILES string of the molecule is CCC(N)Cc1ccc(OC)c(CO)c1. The molecule has 3 N–H and O–H groups in total. The second kappa shape index (κ2) is 5.73. The average Bonchev–Trinajstić information content (AvgIpc) is 2.28. The first kappa shape index (κ1) is 12.0. The van der Waals surface area contributed by atoms with Crippen LogP contribution in [-0.4, -0.2) is 18.3 Å². The minimum Gasteiger partial charge on any atom is -0.496 e. The van der Waals surface area contributed by atoms with Crippen molar-refractivity contribution in [1.82, 2.24) is 0 Å². The Morgan fingerprint density at radius 1 is 1.47 bits per heavy atom. The number of hydrogen-bond acceptors (Lipinski definition) is 3. The van der Waals surface area contributed by atoms with Crippen LogP contribution in [0.1, 0.15) is 24.5 Å². The minimum atomic E-state index is -0.00161. The highest BCUT2D eigenvalue weighted by Crippen LogP contribution is 2.20. The number of nitrogens with two attached hydrogens (primary N) is 1. The molecule has 1 atom stereocenters. The third kappa shape index (κ3) is 3.22. The van der Waals surface area contributed by atoms with Crippen LogP contribution in [0.3, 0.4) is 0 Å². The van der Waals surface area contributed by atoms with Crippen molar-refractivity contribution in [2.45, 2.75) is 32.4 Å². The van der Waals surface area contributed by atoms with Crippen molar-refractivity contribution in [3.05, 3.63) is 29.3 Å². The van der Waals surface area contributed by atoms with E-state index >= 15 is 0 Å². The van der Waals surface area contributed by atoms with E-state index in [1.165, 1.54) is 0 Å². The fourth-order valence-electron chi connectivity index (χ4n) is 1.53. The van der Waals surface area contributed by atoms with E-state index < -0.39 is 0 Å². The molecular weight excluding hydrogens is 190 g/mol. The van der Waals surface area contributed by atoms with Crippen molar-refractivity contribution in [3.63, 3.8) is 0 Å². The Balaban J connectivity index is 2.83. The van der Waals surface area contributed by atoms with E-state index in [9.17, 15) is 0 Å². The van der Waals surface area contributed by atoms with Crippen LogP contribution in [0.2, 0.25) is 0 Å². The summed E-state index contributed by atoms with van der Waals surface area (Å²) in [5.74, 6) is 0.728. The van der Waals surface area contributed by atoms with Crippen molar-refractivity contribution >= 4 is 0 Å². The summed E-state index contributed by atoms with van der Waals surface area (Å²) in [5, 5.41) is 9.15. The lowest BCUT2D eigenvalue weighted by molar-refractivity contribution is 0.273. The van der Waals surface area contributed by atoms with Gasteiger partial charge in [0.15, 0.2) is 0 Å². The highest BCUT2D eigenvalue weighted by Gasteiger charge is 2.06. The number of rotatable bonds is 5.